The van der Waals surface area contributed by atoms with Gasteiger partial charge < -0.3 is 14.7 Å². The molecule has 1 aliphatic rings. The molecule has 2 aromatic carbocycles. The van der Waals surface area contributed by atoms with Crippen LogP contribution in [0.15, 0.2) is 54.1 Å². The normalized spacial score (nSPS) is 18.3. The predicted octanol–water partition coefficient (Wildman–Crippen LogP) is 4.87. The van der Waals surface area contributed by atoms with Crippen LogP contribution in [0.25, 0.3) is 5.76 Å². The summed E-state index contributed by atoms with van der Waals surface area (Å²) in [6.45, 7) is 8.32. The fourth-order valence-corrected chi connectivity index (χ4v) is 3.78. The number of carbonyl (C=O) groups excluding carboxylic acids is 2. The maximum absolute atomic E-state index is 12.9. The van der Waals surface area contributed by atoms with E-state index >= 15 is 0 Å². The number of carbonyl (C=O) groups is 2. The van der Waals surface area contributed by atoms with Crippen LogP contribution in [-0.4, -0.2) is 34.3 Å². The SMILES string of the molecule is CCCN1C(=O)C(=O)/C(=C(\O)c2cccc(OC(C)C)c2)C1c1ccc(CC)cc1. The molecule has 0 aliphatic carbocycles. The van der Waals surface area contributed by atoms with Crippen molar-refractivity contribution in [2.24, 2.45) is 0 Å². The highest BCUT2D eigenvalue weighted by atomic mass is 16.5. The minimum Gasteiger partial charge on any atom is -0.507 e. The predicted molar refractivity (Wildman–Crippen MR) is 117 cm³/mol. The first-order chi connectivity index (χ1) is 14.4. The quantitative estimate of drug-likeness (QED) is 0.404. The topological polar surface area (TPSA) is 66.8 Å². The molecular formula is C25H29NO4. The number of ketones is 1. The molecule has 1 atom stereocenters. The third kappa shape index (κ3) is 4.25. The van der Waals surface area contributed by atoms with Crippen molar-refractivity contribution in [3.63, 3.8) is 0 Å². The maximum Gasteiger partial charge on any atom is 0.295 e. The van der Waals surface area contributed by atoms with Gasteiger partial charge in [0.1, 0.15) is 11.5 Å². The van der Waals surface area contributed by atoms with Crippen molar-refractivity contribution in [3.8, 4) is 5.75 Å². The van der Waals surface area contributed by atoms with Crippen LogP contribution in [0.2, 0.25) is 0 Å². The van der Waals surface area contributed by atoms with Crippen molar-refractivity contribution in [2.75, 3.05) is 6.54 Å². The molecule has 5 nitrogen and oxygen atoms in total. The van der Waals surface area contributed by atoms with Gasteiger partial charge in [0.05, 0.1) is 17.7 Å². The van der Waals surface area contributed by atoms with Crippen LogP contribution in [-0.2, 0) is 16.0 Å². The number of Topliss-reactive ketones (excluding diaryl/α,β-unsaturated/α-hetero) is 1. The monoisotopic (exact) mass is 407 g/mol. The van der Waals surface area contributed by atoms with Crippen LogP contribution in [0.3, 0.4) is 0 Å². The van der Waals surface area contributed by atoms with Crippen LogP contribution in [0.1, 0.15) is 56.8 Å². The zero-order valence-corrected chi connectivity index (χ0v) is 18.0. The molecule has 3 rings (SSSR count). The van der Waals surface area contributed by atoms with Gasteiger partial charge in [-0.1, -0.05) is 50.2 Å². The molecule has 1 unspecified atom stereocenters. The third-order valence-electron chi connectivity index (χ3n) is 5.19. The van der Waals surface area contributed by atoms with Crippen molar-refractivity contribution in [3.05, 3.63) is 70.8 Å². The second kappa shape index (κ2) is 9.16. The van der Waals surface area contributed by atoms with Gasteiger partial charge in [-0.2, -0.15) is 0 Å². The van der Waals surface area contributed by atoms with Crippen molar-refractivity contribution in [1.29, 1.82) is 0 Å². The molecule has 5 heteroatoms. The molecule has 158 valence electrons. The standard InChI is InChI=1S/C25H29NO4/c1-5-14-26-22(18-12-10-17(6-2)11-13-18)21(24(28)25(26)29)23(27)19-8-7-9-20(15-19)30-16(3)4/h7-13,15-16,22,27H,5-6,14H2,1-4H3/b23-21-. The first-order valence-corrected chi connectivity index (χ1v) is 10.5. The van der Waals surface area contributed by atoms with Gasteiger partial charge in [0.15, 0.2) is 0 Å². The van der Waals surface area contributed by atoms with Gasteiger partial charge in [-0.25, -0.2) is 0 Å². The number of amides is 1. The second-order valence-corrected chi connectivity index (χ2v) is 7.78. The molecule has 30 heavy (non-hydrogen) atoms. The highest BCUT2D eigenvalue weighted by molar-refractivity contribution is 6.46. The lowest BCUT2D eigenvalue weighted by atomic mass is 9.94. The number of ether oxygens (including phenoxy) is 1. The van der Waals surface area contributed by atoms with E-state index in [-0.39, 0.29) is 17.4 Å². The van der Waals surface area contributed by atoms with Gasteiger partial charge in [-0.15, -0.1) is 0 Å². The van der Waals surface area contributed by atoms with Crippen LogP contribution in [0.5, 0.6) is 5.75 Å². The number of likely N-dealkylation sites (tertiary alicyclic amines) is 1. The second-order valence-electron chi connectivity index (χ2n) is 7.78. The molecule has 0 radical (unpaired) electrons. The Labute approximate surface area is 178 Å². The molecule has 1 N–H and O–H groups in total. The number of aliphatic hydroxyl groups excluding tert-OH is 1. The fraction of sp³-hybridized carbons (Fsp3) is 0.360. The van der Waals surface area contributed by atoms with Gasteiger partial charge in [-0.05, 0) is 49.9 Å². The average molecular weight is 408 g/mol. The van der Waals surface area contributed by atoms with Gasteiger partial charge in [0.25, 0.3) is 11.7 Å². The molecule has 0 spiro atoms. The van der Waals surface area contributed by atoms with Crippen molar-refractivity contribution in [2.45, 2.75) is 52.7 Å². The van der Waals surface area contributed by atoms with E-state index < -0.39 is 17.7 Å². The Morgan fingerprint density at radius 2 is 1.80 bits per heavy atom. The lowest BCUT2D eigenvalue weighted by molar-refractivity contribution is -0.139. The summed E-state index contributed by atoms with van der Waals surface area (Å²) in [5.41, 5.74) is 2.57. The summed E-state index contributed by atoms with van der Waals surface area (Å²) in [7, 11) is 0. The minimum absolute atomic E-state index is 0.0189. The Morgan fingerprint density at radius 1 is 1.10 bits per heavy atom. The average Bonchev–Trinajstić information content (AvgIpc) is 2.98. The first-order valence-electron chi connectivity index (χ1n) is 10.5. The Bertz CT molecular complexity index is 959. The number of nitrogens with zero attached hydrogens (tertiary/aromatic N) is 1. The molecule has 0 bridgehead atoms. The van der Waals surface area contributed by atoms with E-state index in [1.54, 1.807) is 29.2 Å². The molecule has 0 saturated carbocycles. The maximum atomic E-state index is 12.9. The molecule has 1 saturated heterocycles. The molecule has 1 aliphatic heterocycles. The van der Waals surface area contributed by atoms with Crippen molar-refractivity contribution >= 4 is 17.4 Å². The smallest absolute Gasteiger partial charge is 0.295 e. The van der Waals surface area contributed by atoms with Crippen LogP contribution < -0.4 is 4.74 Å². The summed E-state index contributed by atoms with van der Waals surface area (Å²) >= 11 is 0. The molecule has 1 heterocycles. The van der Waals surface area contributed by atoms with Gasteiger partial charge in [0.2, 0.25) is 0 Å². The first kappa shape index (κ1) is 21.6. The summed E-state index contributed by atoms with van der Waals surface area (Å²) in [6.07, 6.45) is 1.60. The summed E-state index contributed by atoms with van der Waals surface area (Å²) in [4.78, 5) is 27.3. The Kier molecular flexibility index (Phi) is 6.60. The van der Waals surface area contributed by atoms with Gasteiger partial charge in [-0.3, -0.25) is 9.59 Å². The largest absolute Gasteiger partial charge is 0.507 e. The van der Waals surface area contributed by atoms with Crippen LogP contribution >= 0.6 is 0 Å². The number of rotatable bonds is 7. The van der Waals surface area contributed by atoms with E-state index in [4.69, 9.17) is 4.74 Å². The molecule has 2 aromatic rings. The lowest BCUT2D eigenvalue weighted by Crippen LogP contribution is -2.30. The number of benzene rings is 2. The van der Waals surface area contributed by atoms with Crippen molar-refractivity contribution < 1.29 is 19.4 Å². The molecule has 1 fully saturated rings. The van der Waals surface area contributed by atoms with Gasteiger partial charge in [0, 0.05) is 12.1 Å². The Hall–Kier alpha value is -3.08. The summed E-state index contributed by atoms with van der Waals surface area (Å²) in [5.74, 6) is -0.801. The highest BCUT2D eigenvalue weighted by Crippen LogP contribution is 2.39. The van der Waals surface area contributed by atoms with Crippen LogP contribution in [0, 0.1) is 0 Å². The Balaban J connectivity index is 2.12. The molecular weight excluding hydrogens is 378 g/mol. The summed E-state index contributed by atoms with van der Waals surface area (Å²) in [6, 6.07) is 14.2. The van der Waals surface area contributed by atoms with E-state index in [9.17, 15) is 14.7 Å². The van der Waals surface area contributed by atoms with Crippen molar-refractivity contribution in [1.82, 2.24) is 4.90 Å². The molecule has 1 amide bonds. The number of aryl methyl sites for hydroxylation is 1. The third-order valence-corrected chi connectivity index (χ3v) is 5.19. The number of aliphatic hydroxyl groups is 1. The van der Waals surface area contributed by atoms with Gasteiger partial charge >= 0.3 is 0 Å². The summed E-state index contributed by atoms with van der Waals surface area (Å²) in [5, 5.41) is 11.1. The zero-order valence-electron chi connectivity index (χ0n) is 18.0. The Morgan fingerprint density at radius 3 is 2.40 bits per heavy atom. The van der Waals surface area contributed by atoms with E-state index in [2.05, 4.69) is 6.92 Å². The minimum atomic E-state index is -0.652. The van der Waals surface area contributed by atoms with Crippen LogP contribution in [0.4, 0.5) is 0 Å². The van der Waals surface area contributed by atoms with E-state index in [0.717, 1.165) is 12.0 Å². The fourth-order valence-electron chi connectivity index (χ4n) is 3.78. The zero-order chi connectivity index (χ0) is 21.8. The number of hydrogen-bond acceptors (Lipinski definition) is 4. The highest BCUT2D eigenvalue weighted by Gasteiger charge is 2.45. The van der Waals surface area contributed by atoms with E-state index in [1.807, 2.05) is 45.0 Å². The lowest BCUT2D eigenvalue weighted by Gasteiger charge is -2.25. The molecule has 0 aromatic heterocycles. The van der Waals surface area contributed by atoms with E-state index in [0.29, 0.717) is 24.3 Å². The summed E-state index contributed by atoms with van der Waals surface area (Å²) < 4.78 is 5.72. The number of hydrogen-bond donors (Lipinski definition) is 1. The van der Waals surface area contributed by atoms with E-state index in [1.165, 1.54) is 5.56 Å².